The van der Waals surface area contributed by atoms with E-state index in [2.05, 4.69) is 30.0 Å². The molecule has 2 atom stereocenters. The molecule has 0 spiro atoms. The van der Waals surface area contributed by atoms with Gasteiger partial charge in [-0.15, -0.1) is 4.67 Å². The molecule has 0 radical (unpaired) electrons. The standard InChI is InChI=1S/C4H9BrFO5P/c1-2-9-12(7,8)11-10-4(6)3-5/h4H,2-3H2,1H3,(H,7,8). The third-order valence-electron chi connectivity index (χ3n) is 0.655. The maximum Gasteiger partial charge on any atom is 0.499 e. The zero-order valence-corrected chi connectivity index (χ0v) is 8.76. The maximum atomic E-state index is 12.2. The second-order valence-electron chi connectivity index (χ2n) is 1.62. The summed E-state index contributed by atoms with van der Waals surface area (Å²) in [7, 11) is -4.24. The molecule has 0 amide bonds. The Morgan fingerprint density at radius 3 is 2.75 bits per heavy atom. The summed E-state index contributed by atoms with van der Waals surface area (Å²) in [6.45, 7) is 1.46. The van der Waals surface area contributed by atoms with E-state index in [1.165, 1.54) is 6.92 Å². The number of hydrogen-bond donors (Lipinski definition) is 1. The molecule has 8 heteroatoms. The number of halogens is 2. The monoisotopic (exact) mass is 266 g/mol. The number of phosphoric acid groups is 1. The summed E-state index contributed by atoms with van der Waals surface area (Å²) < 4.78 is 30.9. The minimum absolute atomic E-state index is 0.0254. The highest BCUT2D eigenvalue weighted by molar-refractivity contribution is 9.09. The van der Waals surface area contributed by atoms with Crippen LogP contribution >= 0.6 is 23.8 Å². The van der Waals surface area contributed by atoms with Gasteiger partial charge in [0.2, 0.25) is 6.36 Å². The van der Waals surface area contributed by atoms with E-state index in [0.717, 1.165) is 0 Å². The van der Waals surface area contributed by atoms with Crippen molar-refractivity contribution in [3.63, 3.8) is 0 Å². The predicted molar refractivity (Wildman–Crippen MR) is 42.3 cm³/mol. The van der Waals surface area contributed by atoms with E-state index in [4.69, 9.17) is 4.89 Å². The van der Waals surface area contributed by atoms with E-state index < -0.39 is 14.2 Å². The third kappa shape index (κ3) is 6.05. The van der Waals surface area contributed by atoms with Gasteiger partial charge in [0, 0.05) is 0 Å². The highest BCUT2D eigenvalue weighted by Crippen LogP contribution is 2.43. The molecule has 2 unspecified atom stereocenters. The molecule has 0 saturated carbocycles. The SMILES string of the molecule is CCOP(=O)(O)OOC(F)CBr. The Labute approximate surface area is 77.5 Å². The molecule has 0 heterocycles. The first-order valence-electron chi connectivity index (χ1n) is 3.04. The molecule has 0 aliphatic rings. The van der Waals surface area contributed by atoms with Crippen molar-refractivity contribution in [3.8, 4) is 0 Å². The smallest absolute Gasteiger partial charge is 0.301 e. The quantitative estimate of drug-likeness (QED) is 0.344. The van der Waals surface area contributed by atoms with Crippen molar-refractivity contribution < 1.29 is 27.9 Å². The molecule has 0 aliphatic carbocycles. The van der Waals surface area contributed by atoms with Gasteiger partial charge in [0.05, 0.1) is 11.9 Å². The van der Waals surface area contributed by atoms with Crippen LogP contribution in [0.25, 0.3) is 0 Å². The fraction of sp³-hybridized carbons (Fsp3) is 1.00. The molecule has 0 saturated heterocycles. The van der Waals surface area contributed by atoms with Crippen LogP contribution in [0.4, 0.5) is 4.39 Å². The van der Waals surface area contributed by atoms with Crippen molar-refractivity contribution in [2.75, 3.05) is 11.9 Å². The van der Waals surface area contributed by atoms with Crippen LogP contribution in [0.3, 0.4) is 0 Å². The topological polar surface area (TPSA) is 65.0 Å². The number of hydrogen-bond acceptors (Lipinski definition) is 4. The first kappa shape index (κ1) is 12.5. The van der Waals surface area contributed by atoms with Crippen molar-refractivity contribution in [1.82, 2.24) is 0 Å². The summed E-state index contributed by atoms with van der Waals surface area (Å²) >= 11 is 2.73. The molecule has 0 rings (SSSR count). The molecule has 12 heavy (non-hydrogen) atoms. The fourth-order valence-corrected chi connectivity index (χ4v) is 0.991. The number of rotatable bonds is 6. The van der Waals surface area contributed by atoms with Crippen LogP contribution in [0.2, 0.25) is 0 Å². The third-order valence-corrected chi connectivity index (χ3v) is 2.02. The van der Waals surface area contributed by atoms with E-state index >= 15 is 0 Å². The maximum absolute atomic E-state index is 12.2. The molecular weight excluding hydrogens is 258 g/mol. The van der Waals surface area contributed by atoms with Crippen LogP contribution in [-0.4, -0.2) is 23.2 Å². The van der Waals surface area contributed by atoms with Gasteiger partial charge in [0.25, 0.3) is 0 Å². The molecule has 1 N–H and O–H groups in total. The highest BCUT2D eigenvalue weighted by atomic mass is 79.9. The molecular formula is C4H9BrFO5P. The van der Waals surface area contributed by atoms with E-state index in [9.17, 15) is 8.96 Å². The van der Waals surface area contributed by atoms with Gasteiger partial charge in [-0.1, -0.05) is 15.9 Å². The van der Waals surface area contributed by atoms with Crippen molar-refractivity contribution in [2.45, 2.75) is 13.3 Å². The van der Waals surface area contributed by atoms with Gasteiger partial charge in [-0.2, -0.15) is 4.89 Å². The van der Waals surface area contributed by atoms with Gasteiger partial charge in [-0.05, 0) is 6.92 Å². The minimum atomic E-state index is -4.24. The molecule has 0 bridgehead atoms. The Kier molecular flexibility index (Phi) is 6.25. The first-order chi connectivity index (χ1) is 5.52. The molecule has 5 nitrogen and oxygen atoms in total. The second kappa shape index (κ2) is 6.01. The van der Waals surface area contributed by atoms with Gasteiger partial charge < -0.3 is 4.89 Å². The van der Waals surface area contributed by atoms with E-state index in [0.29, 0.717) is 0 Å². The normalized spacial score (nSPS) is 18.7. The zero-order chi connectivity index (χ0) is 9.61. The largest absolute Gasteiger partial charge is 0.499 e. The van der Waals surface area contributed by atoms with E-state index in [-0.39, 0.29) is 11.9 Å². The molecule has 0 aromatic rings. The Hall–Kier alpha value is 0.480. The minimum Gasteiger partial charge on any atom is -0.301 e. The van der Waals surface area contributed by atoms with Gasteiger partial charge in [-0.25, -0.2) is 8.96 Å². The van der Waals surface area contributed by atoms with Crippen LogP contribution in [0.1, 0.15) is 6.92 Å². The van der Waals surface area contributed by atoms with E-state index in [1.807, 2.05) is 0 Å². The first-order valence-corrected chi connectivity index (χ1v) is 5.66. The second-order valence-corrected chi connectivity index (χ2v) is 3.61. The molecule has 0 aliphatic heterocycles. The molecule has 0 aromatic heterocycles. The van der Waals surface area contributed by atoms with Crippen molar-refractivity contribution in [1.29, 1.82) is 0 Å². The summed E-state index contributed by atoms with van der Waals surface area (Å²) in [5.41, 5.74) is 0. The molecule has 0 fully saturated rings. The van der Waals surface area contributed by atoms with Crippen molar-refractivity contribution in [2.24, 2.45) is 0 Å². The van der Waals surface area contributed by atoms with Crippen LogP contribution in [0.15, 0.2) is 0 Å². The predicted octanol–water partition coefficient (Wildman–Crippen LogP) is 1.76. The summed E-state index contributed by atoms with van der Waals surface area (Å²) in [5, 5.41) is -0.154. The summed E-state index contributed by atoms with van der Waals surface area (Å²) in [5.74, 6) is 0. The Bertz CT molecular complexity index is 168. The van der Waals surface area contributed by atoms with Crippen LogP contribution in [-0.2, 0) is 18.7 Å². The fourth-order valence-electron chi connectivity index (χ4n) is 0.311. The van der Waals surface area contributed by atoms with Gasteiger partial charge in [-0.3, -0.25) is 4.52 Å². The van der Waals surface area contributed by atoms with Gasteiger partial charge in [0.15, 0.2) is 0 Å². The zero-order valence-electron chi connectivity index (χ0n) is 6.27. The Morgan fingerprint density at radius 2 is 2.33 bits per heavy atom. The summed E-state index contributed by atoms with van der Waals surface area (Å²) in [4.78, 5) is 12.5. The van der Waals surface area contributed by atoms with Crippen LogP contribution < -0.4 is 0 Å². The summed E-state index contributed by atoms with van der Waals surface area (Å²) in [6, 6.07) is 0. The molecule has 74 valence electrons. The lowest BCUT2D eigenvalue weighted by atomic mass is 10.8. The van der Waals surface area contributed by atoms with Crippen LogP contribution in [0, 0.1) is 0 Å². The summed E-state index contributed by atoms with van der Waals surface area (Å²) in [6.07, 6.45) is -1.80. The Balaban J connectivity index is 3.67. The molecule has 0 aromatic carbocycles. The van der Waals surface area contributed by atoms with Gasteiger partial charge >= 0.3 is 7.82 Å². The van der Waals surface area contributed by atoms with E-state index in [1.54, 1.807) is 0 Å². The number of alkyl halides is 2. The lowest BCUT2D eigenvalue weighted by molar-refractivity contribution is -0.285. The highest BCUT2D eigenvalue weighted by Gasteiger charge is 2.23. The lowest BCUT2D eigenvalue weighted by Gasteiger charge is -2.10. The Morgan fingerprint density at radius 1 is 1.75 bits per heavy atom. The number of phosphoric ester groups is 1. The average Bonchev–Trinajstić information content (AvgIpc) is 2.00. The van der Waals surface area contributed by atoms with Crippen LogP contribution in [0.5, 0.6) is 0 Å². The lowest BCUT2D eigenvalue weighted by Crippen LogP contribution is -2.08. The van der Waals surface area contributed by atoms with Gasteiger partial charge in [0.1, 0.15) is 0 Å². The van der Waals surface area contributed by atoms with Crippen molar-refractivity contribution in [3.05, 3.63) is 0 Å². The van der Waals surface area contributed by atoms with Crippen molar-refractivity contribution >= 4 is 23.8 Å². The average molecular weight is 267 g/mol.